The molecule has 9 heteroatoms. The highest BCUT2D eigenvalue weighted by Crippen LogP contribution is 2.40. The topological polar surface area (TPSA) is 90.0 Å². The van der Waals surface area contributed by atoms with Crippen LogP contribution in [0.1, 0.15) is 32.1 Å². The van der Waals surface area contributed by atoms with E-state index in [1.54, 1.807) is 18.3 Å². The first-order valence-corrected chi connectivity index (χ1v) is 11.1. The van der Waals surface area contributed by atoms with Crippen LogP contribution in [0.5, 0.6) is 5.75 Å². The van der Waals surface area contributed by atoms with Crippen LogP contribution in [0.25, 0.3) is 22.4 Å². The summed E-state index contributed by atoms with van der Waals surface area (Å²) in [4.78, 5) is 2.11. The summed E-state index contributed by atoms with van der Waals surface area (Å²) in [5.74, 6) is 0.0535. The van der Waals surface area contributed by atoms with Crippen molar-refractivity contribution in [3.05, 3.63) is 42.5 Å². The number of aromatic nitrogens is 4. The smallest absolute Gasteiger partial charge is 0.151 e. The summed E-state index contributed by atoms with van der Waals surface area (Å²) in [6, 6.07) is 6.49. The molecule has 3 fully saturated rings. The molecule has 3 N–H and O–H groups in total. The third-order valence-electron chi connectivity index (χ3n) is 6.94. The molecule has 4 atom stereocenters. The number of halogens is 2. The fourth-order valence-corrected chi connectivity index (χ4v) is 5.22. The van der Waals surface area contributed by atoms with E-state index in [9.17, 15) is 9.50 Å². The zero-order valence-electron chi connectivity index (χ0n) is 17.4. The monoisotopic (exact) mass is 438 g/mol. The highest BCUT2D eigenvalue weighted by Gasteiger charge is 2.48. The summed E-state index contributed by atoms with van der Waals surface area (Å²) >= 11 is 0. The van der Waals surface area contributed by atoms with Gasteiger partial charge in [0.2, 0.25) is 0 Å². The van der Waals surface area contributed by atoms with Gasteiger partial charge in [-0.3, -0.25) is 5.10 Å². The Morgan fingerprint density at radius 2 is 1.94 bits per heavy atom. The number of fused-ring (bicyclic) bond motifs is 2. The largest absolute Gasteiger partial charge is 0.507 e. The molecule has 166 valence electrons. The fourth-order valence-electron chi connectivity index (χ4n) is 5.22. The van der Waals surface area contributed by atoms with Gasteiger partial charge in [0.25, 0.3) is 0 Å². The highest BCUT2D eigenvalue weighted by molar-refractivity contribution is 5.74. The van der Waals surface area contributed by atoms with Crippen molar-refractivity contribution >= 4 is 5.82 Å². The first kappa shape index (κ1) is 19.6. The van der Waals surface area contributed by atoms with Crippen LogP contribution in [0.3, 0.4) is 0 Å². The molecule has 7 nitrogen and oxygen atoms in total. The second-order valence-corrected chi connectivity index (χ2v) is 9.05. The molecule has 2 aromatic heterocycles. The molecular weight excluding hydrogens is 414 g/mol. The molecule has 4 heterocycles. The Bertz CT molecular complexity index is 1120. The zero-order valence-corrected chi connectivity index (χ0v) is 17.4. The number of aromatic hydroxyl groups is 1. The molecule has 2 aliphatic heterocycles. The zero-order chi connectivity index (χ0) is 21.8. The molecule has 1 aromatic carbocycles. The molecule has 6 rings (SSSR count). The quantitative estimate of drug-likeness (QED) is 0.564. The molecule has 1 saturated carbocycles. The van der Waals surface area contributed by atoms with Gasteiger partial charge in [0.05, 0.1) is 17.9 Å². The number of rotatable bonds is 5. The minimum absolute atomic E-state index is 0.0825. The normalized spacial score (nSPS) is 26.9. The summed E-state index contributed by atoms with van der Waals surface area (Å²) in [7, 11) is 0. The van der Waals surface area contributed by atoms with E-state index in [2.05, 4.69) is 30.6 Å². The molecule has 2 saturated heterocycles. The van der Waals surface area contributed by atoms with Crippen molar-refractivity contribution in [3.63, 3.8) is 0 Å². The molecule has 1 aliphatic carbocycles. The van der Waals surface area contributed by atoms with Crippen LogP contribution in [-0.4, -0.2) is 55.8 Å². The number of alkyl halides is 1. The standard InChI is InChI=1S/C23H24F2N6O/c24-17-8-16(21(32)9-15(17)12-10-26-27-11-12)18-5-6-22(30-29-18)31(14-2-3-14)20-7-13-1-4-19(28-13)23(20)25/h5-6,8-11,13-14,19-20,23,28,32H,1-4,7H2,(H,26,27)/t13-,19+,20?,23?/m1/s1. The lowest BCUT2D eigenvalue weighted by molar-refractivity contribution is 0.171. The van der Waals surface area contributed by atoms with Crippen LogP contribution in [0, 0.1) is 5.82 Å². The molecule has 0 radical (unpaired) electrons. The van der Waals surface area contributed by atoms with Gasteiger partial charge in [-0.05, 0) is 56.4 Å². The van der Waals surface area contributed by atoms with E-state index >= 15 is 4.39 Å². The maximum absolute atomic E-state index is 15.2. The summed E-state index contributed by atoms with van der Waals surface area (Å²) in [5.41, 5.74) is 1.42. The first-order valence-electron chi connectivity index (χ1n) is 11.1. The number of hydrogen-bond donors (Lipinski definition) is 3. The average Bonchev–Trinajstić information content (AvgIpc) is 3.32. The number of hydrogen-bond acceptors (Lipinski definition) is 6. The van der Waals surface area contributed by atoms with Gasteiger partial charge in [0.1, 0.15) is 17.7 Å². The lowest BCUT2D eigenvalue weighted by Crippen LogP contribution is -2.57. The van der Waals surface area contributed by atoms with Crippen LogP contribution in [0.2, 0.25) is 0 Å². The number of anilines is 1. The minimum Gasteiger partial charge on any atom is -0.507 e. The molecular formula is C23H24F2N6O. The van der Waals surface area contributed by atoms with Crippen LogP contribution in [-0.2, 0) is 0 Å². The van der Waals surface area contributed by atoms with Gasteiger partial charge in [-0.15, -0.1) is 10.2 Å². The number of benzene rings is 1. The summed E-state index contributed by atoms with van der Waals surface area (Å²) < 4.78 is 29.9. The van der Waals surface area contributed by atoms with E-state index < -0.39 is 12.0 Å². The Labute approximate surface area is 183 Å². The summed E-state index contributed by atoms with van der Waals surface area (Å²) in [6.45, 7) is 0. The Hall–Kier alpha value is -3.07. The van der Waals surface area contributed by atoms with E-state index in [-0.39, 0.29) is 35.0 Å². The Balaban J connectivity index is 1.30. The van der Waals surface area contributed by atoms with Crippen molar-refractivity contribution < 1.29 is 13.9 Å². The highest BCUT2D eigenvalue weighted by atomic mass is 19.1. The number of nitrogens with one attached hydrogen (secondary N) is 2. The second-order valence-electron chi connectivity index (χ2n) is 9.05. The third-order valence-corrected chi connectivity index (χ3v) is 6.94. The molecule has 2 bridgehead atoms. The van der Waals surface area contributed by atoms with Crippen LogP contribution >= 0.6 is 0 Å². The number of H-pyrrole nitrogens is 1. The van der Waals surface area contributed by atoms with Gasteiger partial charge in [-0.2, -0.15) is 5.10 Å². The Morgan fingerprint density at radius 3 is 2.66 bits per heavy atom. The first-order chi connectivity index (χ1) is 15.6. The van der Waals surface area contributed by atoms with Crippen LogP contribution in [0.15, 0.2) is 36.7 Å². The lowest BCUT2D eigenvalue weighted by Gasteiger charge is -2.41. The predicted molar refractivity (Wildman–Crippen MR) is 115 cm³/mol. The minimum atomic E-state index is -0.940. The van der Waals surface area contributed by atoms with Gasteiger partial charge in [0.15, 0.2) is 5.82 Å². The van der Waals surface area contributed by atoms with Crippen molar-refractivity contribution in [1.29, 1.82) is 0 Å². The summed E-state index contributed by atoms with van der Waals surface area (Å²) in [5, 5.41) is 29.0. The Morgan fingerprint density at radius 1 is 1.06 bits per heavy atom. The number of phenolic OH excluding ortho intramolecular Hbond substituents is 1. The average molecular weight is 438 g/mol. The van der Waals surface area contributed by atoms with Gasteiger partial charge in [-0.25, -0.2) is 8.78 Å². The second kappa shape index (κ2) is 7.51. The summed E-state index contributed by atoms with van der Waals surface area (Å²) in [6.07, 6.45) is 6.82. The SMILES string of the molecule is Oc1cc(-c2cn[nH]c2)c(F)cc1-c1ccc(N(C2CC2)C2C[C@H]3CC[C@H](N3)C2F)nn1. The van der Waals surface area contributed by atoms with E-state index in [0.717, 1.165) is 32.1 Å². The van der Waals surface area contributed by atoms with Gasteiger partial charge >= 0.3 is 0 Å². The van der Waals surface area contributed by atoms with E-state index in [0.29, 0.717) is 23.1 Å². The maximum Gasteiger partial charge on any atom is 0.151 e. The van der Waals surface area contributed by atoms with Gasteiger partial charge in [-0.1, -0.05) is 0 Å². The van der Waals surface area contributed by atoms with Crippen LogP contribution < -0.4 is 10.2 Å². The Kier molecular flexibility index (Phi) is 4.60. The molecule has 0 spiro atoms. The molecule has 3 aromatic rings. The molecule has 32 heavy (non-hydrogen) atoms. The molecule has 3 aliphatic rings. The van der Waals surface area contributed by atoms with Gasteiger partial charge < -0.3 is 15.3 Å². The predicted octanol–water partition coefficient (Wildman–Crippen LogP) is 3.58. The van der Waals surface area contributed by atoms with E-state index in [1.165, 1.54) is 18.3 Å². The van der Waals surface area contributed by atoms with Crippen molar-refractivity contribution in [1.82, 2.24) is 25.7 Å². The van der Waals surface area contributed by atoms with Crippen molar-refractivity contribution in [2.45, 2.75) is 62.4 Å². The van der Waals surface area contributed by atoms with Crippen molar-refractivity contribution in [3.8, 4) is 28.1 Å². The van der Waals surface area contributed by atoms with E-state index in [1.807, 2.05) is 0 Å². The van der Waals surface area contributed by atoms with Crippen molar-refractivity contribution in [2.24, 2.45) is 0 Å². The number of aromatic amines is 1. The number of phenols is 1. The van der Waals surface area contributed by atoms with Crippen molar-refractivity contribution in [2.75, 3.05) is 4.90 Å². The third kappa shape index (κ3) is 3.31. The molecule has 0 amide bonds. The molecule has 2 unspecified atom stereocenters. The maximum atomic E-state index is 15.2. The lowest BCUT2D eigenvalue weighted by atomic mass is 9.95. The number of piperidine rings is 1. The van der Waals surface area contributed by atoms with Crippen LogP contribution in [0.4, 0.5) is 14.6 Å². The van der Waals surface area contributed by atoms with E-state index in [4.69, 9.17) is 0 Å². The van der Waals surface area contributed by atoms with Gasteiger partial charge in [0, 0.05) is 41.0 Å². The fraction of sp³-hybridized carbons (Fsp3) is 0.435. The number of nitrogens with zero attached hydrogens (tertiary/aromatic N) is 4.